The van der Waals surface area contributed by atoms with Crippen LogP contribution in [0.25, 0.3) is 10.9 Å². The lowest BCUT2D eigenvalue weighted by Gasteiger charge is -2.23. The van der Waals surface area contributed by atoms with Crippen LogP contribution in [-0.2, 0) is 6.54 Å². The van der Waals surface area contributed by atoms with E-state index in [2.05, 4.69) is 65.7 Å². The number of nitrogens with one attached hydrogen (secondary N) is 1. The molecule has 2 heterocycles. The minimum atomic E-state index is 0.113. The highest BCUT2D eigenvalue weighted by Gasteiger charge is 2.21. The molecule has 0 unspecified atom stereocenters. The Bertz CT molecular complexity index is 1400. The van der Waals surface area contributed by atoms with Gasteiger partial charge < -0.3 is 9.62 Å². The number of pyridine rings is 1. The maximum Gasteiger partial charge on any atom is 0.253 e. The maximum atomic E-state index is 13.3. The number of hydrogen-bond acceptors (Lipinski definition) is 5. The molecule has 0 spiro atoms. The molecule has 5 rings (SSSR count). The zero-order chi connectivity index (χ0) is 25.8. The smallest absolute Gasteiger partial charge is 0.253 e. The van der Waals surface area contributed by atoms with Gasteiger partial charge in [0.15, 0.2) is 0 Å². The first-order valence-electron chi connectivity index (χ1n) is 12.9. The fourth-order valence-electron chi connectivity index (χ4n) is 4.90. The Kier molecular flexibility index (Phi) is 7.77. The number of hydrogen-bond donors (Lipinski definition) is 1. The van der Waals surface area contributed by atoms with Crippen LogP contribution in [-0.4, -0.2) is 46.9 Å². The summed E-state index contributed by atoms with van der Waals surface area (Å²) in [4.78, 5) is 23.3. The minimum absolute atomic E-state index is 0.113. The molecule has 0 radical (unpaired) electrons. The summed E-state index contributed by atoms with van der Waals surface area (Å²) in [6.45, 7) is 11.0. The molecular weight excluding hydrogens is 476 g/mol. The molecule has 190 valence electrons. The van der Waals surface area contributed by atoms with Gasteiger partial charge >= 0.3 is 0 Å². The number of benzene rings is 3. The van der Waals surface area contributed by atoms with Crippen molar-refractivity contribution in [2.45, 2.75) is 38.6 Å². The van der Waals surface area contributed by atoms with Crippen LogP contribution in [0.1, 0.15) is 39.0 Å². The third kappa shape index (κ3) is 5.97. The van der Waals surface area contributed by atoms with Crippen molar-refractivity contribution < 1.29 is 4.79 Å². The Labute approximate surface area is 224 Å². The molecular formula is C31H34N4OS. The van der Waals surface area contributed by atoms with Crippen LogP contribution in [0.3, 0.4) is 0 Å². The molecule has 3 aromatic carbocycles. The minimum Gasteiger partial charge on any atom is -0.337 e. The average Bonchev–Trinajstić information content (AvgIpc) is 3.16. The fourth-order valence-corrected chi connectivity index (χ4v) is 5.68. The molecule has 5 nitrogen and oxygen atoms in total. The zero-order valence-electron chi connectivity index (χ0n) is 21.8. The van der Waals surface area contributed by atoms with E-state index in [0.29, 0.717) is 0 Å². The van der Waals surface area contributed by atoms with Crippen LogP contribution in [0.5, 0.6) is 0 Å². The number of aromatic nitrogens is 1. The number of fused-ring (bicyclic) bond motifs is 1. The summed E-state index contributed by atoms with van der Waals surface area (Å²) < 4.78 is 3.39. The van der Waals surface area contributed by atoms with Gasteiger partial charge in [0.25, 0.3) is 5.91 Å². The van der Waals surface area contributed by atoms with Crippen molar-refractivity contribution in [2.24, 2.45) is 0 Å². The quantitative estimate of drug-likeness (QED) is 0.295. The lowest BCUT2D eigenvalue weighted by molar-refractivity contribution is 0.0761. The Balaban J connectivity index is 1.18. The summed E-state index contributed by atoms with van der Waals surface area (Å²) in [6, 6.07) is 22.6. The molecule has 4 aromatic rings. The number of nitrogens with zero attached hydrogens (tertiary/aromatic N) is 3. The van der Waals surface area contributed by atoms with Crippen molar-refractivity contribution in [3.8, 4) is 0 Å². The van der Waals surface area contributed by atoms with Gasteiger partial charge in [-0.15, -0.1) is 0 Å². The van der Waals surface area contributed by atoms with E-state index in [0.717, 1.165) is 66.2 Å². The highest BCUT2D eigenvalue weighted by molar-refractivity contribution is 8.00. The van der Waals surface area contributed by atoms with Gasteiger partial charge in [0.05, 0.1) is 10.4 Å². The molecule has 1 saturated heterocycles. The summed E-state index contributed by atoms with van der Waals surface area (Å²) >= 11 is 1.54. The number of anilines is 1. The molecule has 37 heavy (non-hydrogen) atoms. The molecule has 1 N–H and O–H groups in total. The number of carbonyl (C=O) groups excluding carboxylic acids is 1. The second-order valence-corrected chi connectivity index (χ2v) is 10.7. The number of para-hydroxylation sites is 1. The van der Waals surface area contributed by atoms with E-state index in [9.17, 15) is 4.79 Å². The first-order chi connectivity index (χ1) is 18.0. The van der Waals surface area contributed by atoms with Crippen LogP contribution in [0.4, 0.5) is 5.69 Å². The normalized spacial score (nSPS) is 14.5. The third-order valence-corrected chi connectivity index (χ3v) is 8.12. The number of carbonyl (C=O) groups is 1. The van der Waals surface area contributed by atoms with Crippen LogP contribution in [0.15, 0.2) is 77.8 Å². The molecule has 0 atom stereocenters. The van der Waals surface area contributed by atoms with Gasteiger partial charge in [0, 0.05) is 55.6 Å². The number of rotatable bonds is 6. The van der Waals surface area contributed by atoms with Crippen LogP contribution in [0.2, 0.25) is 0 Å². The highest BCUT2D eigenvalue weighted by Crippen LogP contribution is 2.27. The molecule has 1 aromatic heterocycles. The van der Waals surface area contributed by atoms with Crippen molar-refractivity contribution >= 4 is 34.4 Å². The van der Waals surface area contributed by atoms with Gasteiger partial charge in [0.1, 0.15) is 0 Å². The SMILES string of the molecule is Cc1cc(C)c(CN2CCCN(C(=O)c3ccc(NSc4cccc5cccnc45)cc3)CC2)cc1C. The van der Waals surface area contributed by atoms with E-state index in [4.69, 9.17) is 0 Å². The maximum absolute atomic E-state index is 13.3. The lowest BCUT2D eigenvalue weighted by Crippen LogP contribution is -2.35. The number of aryl methyl sites for hydroxylation is 3. The molecule has 1 aliphatic heterocycles. The van der Waals surface area contributed by atoms with Gasteiger partial charge in [-0.25, -0.2) is 0 Å². The van der Waals surface area contributed by atoms with E-state index in [1.807, 2.05) is 47.5 Å². The summed E-state index contributed by atoms with van der Waals surface area (Å²) in [5.74, 6) is 0.113. The first-order valence-corrected chi connectivity index (χ1v) is 13.7. The Morgan fingerprint density at radius 1 is 0.892 bits per heavy atom. The second-order valence-electron chi connectivity index (χ2n) is 9.90. The van der Waals surface area contributed by atoms with Crippen molar-refractivity contribution in [3.05, 3.63) is 101 Å². The fraction of sp³-hybridized carbons (Fsp3) is 0.290. The van der Waals surface area contributed by atoms with Gasteiger partial charge in [-0.3, -0.25) is 14.7 Å². The van der Waals surface area contributed by atoms with Crippen molar-refractivity contribution in [3.63, 3.8) is 0 Å². The molecule has 0 aliphatic carbocycles. The zero-order valence-corrected chi connectivity index (χ0v) is 22.6. The third-order valence-electron chi connectivity index (χ3n) is 7.23. The summed E-state index contributed by atoms with van der Waals surface area (Å²) in [6.07, 6.45) is 2.81. The second kappa shape index (κ2) is 11.4. The highest BCUT2D eigenvalue weighted by atomic mass is 32.2. The Morgan fingerprint density at radius 2 is 1.68 bits per heavy atom. The van der Waals surface area contributed by atoms with Crippen LogP contribution in [0, 0.1) is 20.8 Å². The Morgan fingerprint density at radius 3 is 2.51 bits per heavy atom. The van der Waals surface area contributed by atoms with Gasteiger partial charge in [0.2, 0.25) is 0 Å². The molecule has 1 aliphatic rings. The monoisotopic (exact) mass is 510 g/mol. The van der Waals surface area contributed by atoms with Crippen LogP contribution >= 0.6 is 11.9 Å². The topological polar surface area (TPSA) is 48.5 Å². The molecule has 1 fully saturated rings. The largest absolute Gasteiger partial charge is 0.337 e. The average molecular weight is 511 g/mol. The first kappa shape index (κ1) is 25.3. The van der Waals surface area contributed by atoms with E-state index in [1.54, 1.807) is 0 Å². The van der Waals surface area contributed by atoms with Crippen molar-refractivity contribution in [1.29, 1.82) is 0 Å². The molecule has 0 saturated carbocycles. The standard InChI is InChI=1S/C31H34N4OS/c1-22-19-24(3)27(20-23(22)2)21-34-15-6-16-35(18-17-34)31(36)26-10-12-28(13-11-26)33-37-29-9-4-7-25-8-5-14-32-30(25)29/h4-5,7-14,19-20,33H,6,15-18,21H2,1-3H3. The number of amides is 1. The lowest BCUT2D eigenvalue weighted by atomic mass is 10.0. The summed E-state index contributed by atoms with van der Waals surface area (Å²) in [7, 11) is 0. The van der Waals surface area contributed by atoms with E-state index in [-0.39, 0.29) is 5.91 Å². The van der Waals surface area contributed by atoms with Gasteiger partial charge in [-0.1, -0.05) is 30.3 Å². The molecule has 0 bridgehead atoms. The van der Waals surface area contributed by atoms with Crippen molar-refractivity contribution in [2.75, 3.05) is 30.9 Å². The van der Waals surface area contributed by atoms with E-state index >= 15 is 0 Å². The van der Waals surface area contributed by atoms with E-state index in [1.165, 1.54) is 34.2 Å². The predicted octanol–water partition coefficient (Wildman–Crippen LogP) is 6.63. The Hall–Kier alpha value is -3.35. The van der Waals surface area contributed by atoms with Gasteiger partial charge in [-0.05, 0) is 97.8 Å². The predicted molar refractivity (Wildman–Crippen MR) is 154 cm³/mol. The van der Waals surface area contributed by atoms with Crippen LogP contribution < -0.4 is 4.72 Å². The van der Waals surface area contributed by atoms with Gasteiger partial charge in [-0.2, -0.15) is 0 Å². The molecule has 6 heteroatoms. The summed E-state index contributed by atoms with van der Waals surface area (Å²) in [5.41, 5.74) is 8.11. The molecule has 1 amide bonds. The van der Waals surface area contributed by atoms with Crippen molar-refractivity contribution in [1.82, 2.24) is 14.8 Å². The van der Waals surface area contributed by atoms with E-state index < -0.39 is 0 Å². The summed E-state index contributed by atoms with van der Waals surface area (Å²) in [5, 5.41) is 1.12.